The van der Waals surface area contributed by atoms with Crippen molar-refractivity contribution in [2.75, 3.05) is 46.1 Å². The molecule has 1 aliphatic rings. The Morgan fingerprint density at radius 3 is 2.12 bits per heavy atom. The van der Waals surface area contributed by atoms with E-state index >= 15 is 0 Å². The quantitative estimate of drug-likeness (QED) is 0.427. The van der Waals surface area contributed by atoms with Crippen LogP contribution in [0.4, 0.5) is 35.1 Å². The summed E-state index contributed by atoms with van der Waals surface area (Å²) in [6.45, 7) is -1.60. The lowest BCUT2D eigenvalue weighted by molar-refractivity contribution is -0.346. The highest BCUT2D eigenvalue weighted by Crippen LogP contribution is 2.48. The molecule has 0 N–H and O–H groups in total. The van der Waals surface area contributed by atoms with E-state index in [-0.39, 0.29) is 6.54 Å². The molecule has 0 radical (unpaired) electrons. The van der Waals surface area contributed by atoms with Crippen LogP contribution in [0.3, 0.4) is 0 Å². The average Bonchev–Trinajstić information content (AvgIpc) is 2.54. The van der Waals surface area contributed by atoms with E-state index in [1.54, 1.807) is 4.90 Å². The molecule has 1 saturated heterocycles. The van der Waals surface area contributed by atoms with Crippen molar-refractivity contribution in [1.29, 1.82) is 0 Å². The highest BCUT2D eigenvalue weighted by atomic mass is 19.4. The fraction of sp³-hybridized carbons (Fsp3) is 1.00. The third-order valence-corrected chi connectivity index (χ3v) is 3.47. The van der Waals surface area contributed by atoms with Gasteiger partial charge in [0.1, 0.15) is 12.6 Å². The lowest BCUT2D eigenvalue weighted by atomic mass is 10.1. The average molecular weight is 388 g/mol. The fourth-order valence-corrected chi connectivity index (χ4v) is 1.99. The number of hydrogen-bond acceptors (Lipinski definition) is 5. The third kappa shape index (κ3) is 5.20. The van der Waals surface area contributed by atoms with Gasteiger partial charge in [0.25, 0.3) is 0 Å². The Hall–Kier alpha value is -1.08. The molecule has 148 valence electrons. The van der Waals surface area contributed by atoms with Crippen LogP contribution in [-0.2, 0) is 9.47 Å². The van der Waals surface area contributed by atoms with Gasteiger partial charge in [-0.2, -0.15) is 31.2 Å². The fourth-order valence-electron chi connectivity index (χ4n) is 1.99. The zero-order valence-corrected chi connectivity index (χ0v) is 12.7. The summed E-state index contributed by atoms with van der Waals surface area (Å²) in [5.74, 6) is -18.1. The summed E-state index contributed by atoms with van der Waals surface area (Å²) in [7, 11) is 0. The van der Waals surface area contributed by atoms with E-state index < -0.39 is 43.4 Å². The molecule has 0 amide bonds. The van der Waals surface area contributed by atoms with E-state index in [1.807, 2.05) is 0 Å². The highest BCUT2D eigenvalue weighted by Gasteiger charge is 2.75. The first kappa shape index (κ1) is 22.0. The summed E-state index contributed by atoms with van der Waals surface area (Å²) < 4.78 is 111. The Labute approximate surface area is 137 Å². The molecule has 25 heavy (non-hydrogen) atoms. The molecule has 1 rings (SSSR count). The number of halogens is 8. The van der Waals surface area contributed by atoms with Crippen LogP contribution in [0.15, 0.2) is 5.18 Å². The van der Waals surface area contributed by atoms with Crippen LogP contribution >= 0.6 is 0 Å². The van der Waals surface area contributed by atoms with E-state index in [9.17, 15) is 40.0 Å². The number of hydrogen-bond donors (Lipinski definition) is 0. The normalized spacial score (nSPS) is 19.2. The number of nitrogens with zero attached hydrogens (tertiary/aromatic N) is 2. The molecule has 1 unspecified atom stereocenters. The summed E-state index contributed by atoms with van der Waals surface area (Å²) in [6, 6.07) is -1.22. The molecule has 5 nitrogen and oxygen atoms in total. The molecule has 0 bridgehead atoms. The van der Waals surface area contributed by atoms with Crippen LogP contribution in [0.1, 0.15) is 0 Å². The molecule has 13 heteroatoms. The maximum Gasteiger partial charge on any atom is 0.380 e. The predicted molar refractivity (Wildman–Crippen MR) is 68.5 cm³/mol. The standard InChI is InChI=1S/C12H16F8N2O3/c13-9(14)11(17,18)12(19,20)10(15,16)7-25-6-8(21-23)5-22-1-3-24-4-2-22/h8-9H,1-7H2. The van der Waals surface area contributed by atoms with Gasteiger partial charge in [-0.3, -0.25) is 4.90 Å². The van der Waals surface area contributed by atoms with Crippen LogP contribution in [0.25, 0.3) is 0 Å². The zero-order chi connectivity index (χ0) is 19.3. The molecule has 1 heterocycles. The summed E-state index contributed by atoms with van der Waals surface area (Å²) >= 11 is 0. The summed E-state index contributed by atoms with van der Waals surface area (Å²) in [5.41, 5.74) is 0. The number of nitroso groups, excluding NO2 is 1. The number of rotatable bonds is 10. The molecule has 1 fully saturated rings. The van der Waals surface area contributed by atoms with Crippen LogP contribution in [0.2, 0.25) is 0 Å². The SMILES string of the molecule is O=NC(COCC(F)(F)C(F)(F)C(F)(F)C(F)F)CN1CCOCC1. The van der Waals surface area contributed by atoms with Gasteiger partial charge in [-0.1, -0.05) is 5.18 Å². The molecule has 1 aliphatic heterocycles. The van der Waals surface area contributed by atoms with Gasteiger partial charge < -0.3 is 9.47 Å². The van der Waals surface area contributed by atoms with Crippen molar-refractivity contribution in [3.8, 4) is 0 Å². The van der Waals surface area contributed by atoms with E-state index in [4.69, 9.17) is 4.74 Å². The number of morpholine rings is 1. The molecule has 0 aliphatic carbocycles. The second-order valence-corrected chi connectivity index (χ2v) is 5.39. The largest absolute Gasteiger partial charge is 0.380 e. The van der Waals surface area contributed by atoms with Crippen LogP contribution in [0, 0.1) is 4.91 Å². The van der Waals surface area contributed by atoms with Gasteiger partial charge >= 0.3 is 24.2 Å². The molecule has 1 atom stereocenters. The predicted octanol–water partition coefficient (Wildman–Crippen LogP) is 2.64. The zero-order valence-electron chi connectivity index (χ0n) is 12.7. The Balaban J connectivity index is 2.57. The van der Waals surface area contributed by atoms with Gasteiger partial charge in [0.2, 0.25) is 0 Å². The van der Waals surface area contributed by atoms with Crippen LogP contribution in [0.5, 0.6) is 0 Å². The molecule has 0 spiro atoms. The number of alkyl halides is 8. The first-order valence-electron chi connectivity index (χ1n) is 7.07. The topological polar surface area (TPSA) is 51.1 Å². The van der Waals surface area contributed by atoms with Gasteiger partial charge in [-0.15, -0.1) is 0 Å². The van der Waals surface area contributed by atoms with E-state index in [0.717, 1.165) is 0 Å². The van der Waals surface area contributed by atoms with Crippen molar-refractivity contribution in [1.82, 2.24) is 4.90 Å². The maximum absolute atomic E-state index is 13.2. The Morgan fingerprint density at radius 2 is 1.64 bits per heavy atom. The Bertz CT molecular complexity index is 433. The van der Waals surface area contributed by atoms with Gasteiger partial charge in [-0.25, -0.2) is 8.78 Å². The Morgan fingerprint density at radius 1 is 1.08 bits per heavy atom. The molecule has 0 saturated carbocycles. The minimum Gasteiger partial charge on any atom is -0.379 e. The summed E-state index contributed by atoms with van der Waals surface area (Å²) in [6.07, 6.45) is -4.99. The van der Waals surface area contributed by atoms with Crippen molar-refractivity contribution < 1.29 is 44.6 Å². The van der Waals surface area contributed by atoms with Crippen LogP contribution in [-0.4, -0.2) is 81.2 Å². The lowest BCUT2D eigenvalue weighted by Gasteiger charge is -2.32. The lowest BCUT2D eigenvalue weighted by Crippen LogP contribution is -2.59. The number of ether oxygens (including phenoxy) is 2. The second kappa shape index (κ2) is 8.54. The molecular formula is C12H16F8N2O3. The van der Waals surface area contributed by atoms with Gasteiger partial charge in [-0.05, 0) is 0 Å². The first-order valence-corrected chi connectivity index (χ1v) is 7.07. The Kier molecular flexibility index (Phi) is 7.50. The monoisotopic (exact) mass is 388 g/mol. The van der Waals surface area contributed by atoms with Crippen LogP contribution < -0.4 is 0 Å². The van der Waals surface area contributed by atoms with E-state index in [1.165, 1.54) is 0 Å². The highest BCUT2D eigenvalue weighted by molar-refractivity contribution is 4.98. The van der Waals surface area contributed by atoms with E-state index in [2.05, 4.69) is 9.91 Å². The van der Waals surface area contributed by atoms with Gasteiger partial charge in [0, 0.05) is 19.6 Å². The van der Waals surface area contributed by atoms with Crippen molar-refractivity contribution in [3.63, 3.8) is 0 Å². The van der Waals surface area contributed by atoms with Crippen molar-refractivity contribution in [2.45, 2.75) is 30.2 Å². The smallest absolute Gasteiger partial charge is 0.379 e. The van der Waals surface area contributed by atoms with E-state index in [0.29, 0.717) is 26.3 Å². The molecule has 0 aromatic heterocycles. The van der Waals surface area contributed by atoms with Crippen molar-refractivity contribution in [3.05, 3.63) is 4.91 Å². The third-order valence-electron chi connectivity index (χ3n) is 3.47. The second-order valence-electron chi connectivity index (χ2n) is 5.39. The van der Waals surface area contributed by atoms with Gasteiger partial charge in [0.05, 0.1) is 19.8 Å². The minimum absolute atomic E-state index is 0.0397. The minimum atomic E-state index is -6.33. The van der Waals surface area contributed by atoms with Crippen molar-refractivity contribution in [2.24, 2.45) is 5.18 Å². The summed E-state index contributed by atoms with van der Waals surface area (Å²) in [4.78, 5) is 12.3. The summed E-state index contributed by atoms with van der Waals surface area (Å²) in [5, 5.41) is 2.58. The first-order chi connectivity index (χ1) is 11.5. The molecule has 0 aromatic rings. The molecular weight excluding hydrogens is 372 g/mol. The van der Waals surface area contributed by atoms with Crippen molar-refractivity contribution >= 4 is 0 Å². The molecule has 0 aromatic carbocycles. The maximum atomic E-state index is 13.2. The van der Waals surface area contributed by atoms with Gasteiger partial charge in [0.15, 0.2) is 0 Å².